The number of aromatic nitrogens is 1. The molecule has 1 aromatic heterocycles. The predicted molar refractivity (Wildman–Crippen MR) is 70.1 cm³/mol. The van der Waals surface area contributed by atoms with Gasteiger partial charge in [0.15, 0.2) is 0 Å². The number of phenols is 1. The quantitative estimate of drug-likeness (QED) is 0.891. The van der Waals surface area contributed by atoms with Crippen molar-refractivity contribution in [3.8, 4) is 5.75 Å². The Kier molecular flexibility index (Phi) is 3.93. The van der Waals surface area contributed by atoms with Gasteiger partial charge in [0.1, 0.15) is 16.6 Å². The molecule has 1 aromatic carbocycles. The van der Waals surface area contributed by atoms with Crippen LogP contribution < -0.4 is 5.32 Å². The maximum atomic E-state index is 13.2. The van der Waals surface area contributed by atoms with Crippen molar-refractivity contribution in [2.75, 3.05) is 0 Å². The molecule has 2 N–H and O–H groups in total. The largest absolute Gasteiger partial charge is 0.508 e. The first-order chi connectivity index (χ1) is 8.58. The molecule has 0 fully saturated rings. The van der Waals surface area contributed by atoms with Gasteiger partial charge in [-0.05, 0) is 32.0 Å². The number of nitrogens with zero attached hydrogens (tertiary/aromatic N) is 1. The van der Waals surface area contributed by atoms with Crippen LogP contribution in [0.25, 0.3) is 0 Å². The molecule has 18 heavy (non-hydrogen) atoms. The van der Waals surface area contributed by atoms with Crippen LogP contribution in [0.4, 0.5) is 4.39 Å². The highest BCUT2D eigenvalue weighted by atomic mass is 32.1. The Morgan fingerprint density at radius 3 is 2.78 bits per heavy atom. The molecule has 2 unspecified atom stereocenters. The van der Waals surface area contributed by atoms with Crippen LogP contribution in [0.2, 0.25) is 0 Å². The average Bonchev–Trinajstić information content (AvgIpc) is 2.85. The molecule has 1 heterocycles. The average molecular weight is 266 g/mol. The van der Waals surface area contributed by atoms with Gasteiger partial charge in [-0.2, -0.15) is 0 Å². The van der Waals surface area contributed by atoms with Gasteiger partial charge in [-0.3, -0.25) is 0 Å². The summed E-state index contributed by atoms with van der Waals surface area (Å²) in [6, 6.07) is 3.87. The van der Waals surface area contributed by atoms with Crippen molar-refractivity contribution in [1.29, 1.82) is 0 Å². The minimum Gasteiger partial charge on any atom is -0.508 e. The Bertz CT molecular complexity index is 516. The molecule has 2 aromatic rings. The third-order valence-electron chi connectivity index (χ3n) is 2.78. The van der Waals surface area contributed by atoms with E-state index in [1.54, 1.807) is 17.5 Å². The summed E-state index contributed by atoms with van der Waals surface area (Å²) >= 11 is 1.57. The number of benzene rings is 1. The van der Waals surface area contributed by atoms with Gasteiger partial charge in [0, 0.05) is 23.2 Å². The first-order valence-corrected chi connectivity index (χ1v) is 6.59. The SMILES string of the molecule is CC(NC(C)c1cc(F)ccc1O)c1nccs1. The molecule has 96 valence electrons. The lowest BCUT2D eigenvalue weighted by Gasteiger charge is -2.19. The van der Waals surface area contributed by atoms with Crippen molar-refractivity contribution in [3.05, 3.63) is 46.2 Å². The molecular formula is C13H15FN2OS. The summed E-state index contributed by atoms with van der Waals surface area (Å²) in [6.45, 7) is 3.88. The van der Waals surface area contributed by atoms with Crippen LogP contribution in [0.15, 0.2) is 29.8 Å². The van der Waals surface area contributed by atoms with Crippen LogP contribution in [0.3, 0.4) is 0 Å². The summed E-state index contributed by atoms with van der Waals surface area (Å²) < 4.78 is 13.2. The molecular weight excluding hydrogens is 251 g/mol. The van der Waals surface area contributed by atoms with E-state index in [1.165, 1.54) is 18.2 Å². The van der Waals surface area contributed by atoms with Crippen LogP contribution in [0, 0.1) is 5.82 Å². The molecule has 0 aliphatic carbocycles. The third-order valence-corrected chi connectivity index (χ3v) is 3.74. The van der Waals surface area contributed by atoms with Gasteiger partial charge < -0.3 is 10.4 Å². The summed E-state index contributed by atoms with van der Waals surface area (Å²) in [6.07, 6.45) is 1.75. The van der Waals surface area contributed by atoms with E-state index < -0.39 is 0 Å². The van der Waals surface area contributed by atoms with Crippen LogP contribution in [0.1, 0.15) is 36.5 Å². The van der Waals surface area contributed by atoms with Gasteiger partial charge in [0.25, 0.3) is 0 Å². The second kappa shape index (κ2) is 5.46. The fraction of sp³-hybridized carbons (Fsp3) is 0.308. The molecule has 5 heteroatoms. The summed E-state index contributed by atoms with van der Waals surface area (Å²) in [5.41, 5.74) is 0.554. The number of rotatable bonds is 4. The minimum atomic E-state index is -0.349. The first-order valence-electron chi connectivity index (χ1n) is 5.71. The summed E-state index contributed by atoms with van der Waals surface area (Å²) in [5, 5.41) is 15.9. The molecule has 0 aliphatic rings. The molecule has 0 saturated heterocycles. The van der Waals surface area contributed by atoms with E-state index in [1.807, 2.05) is 19.2 Å². The van der Waals surface area contributed by atoms with Crippen molar-refractivity contribution in [2.24, 2.45) is 0 Å². The van der Waals surface area contributed by atoms with Crippen LogP contribution in [-0.2, 0) is 0 Å². The van der Waals surface area contributed by atoms with E-state index in [2.05, 4.69) is 10.3 Å². The lowest BCUT2D eigenvalue weighted by Crippen LogP contribution is -2.22. The van der Waals surface area contributed by atoms with E-state index in [4.69, 9.17) is 0 Å². The van der Waals surface area contributed by atoms with Crippen molar-refractivity contribution < 1.29 is 9.50 Å². The monoisotopic (exact) mass is 266 g/mol. The van der Waals surface area contributed by atoms with Crippen LogP contribution in [0.5, 0.6) is 5.75 Å². The number of thiazole rings is 1. The molecule has 3 nitrogen and oxygen atoms in total. The van der Waals surface area contributed by atoms with E-state index in [0.29, 0.717) is 5.56 Å². The molecule has 2 atom stereocenters. The lowest BCUT2D eigenvalue weighted by molar-refractivity contribution is 0.435. The number of hydrogen-bond donors (Lipinski definition) is 2. The Morgan fingerprint density at radius 2 is 2.11 bits per heavy atom. The molecule has 0 bridgehead atoms. The van der Waals surface area contributed by atoms with E-state index in [9.17, 15) is 9.50 Å². The van der Waals surface area contributed by atoms with Gasteiger partial charge in [0.05, 0.1) is 6.04 Å². The van der Waals surface area contributed by atoms with Crippen LogP contribution in [-0.4, -0.2) is 10.1 Å². The zero-order valence-electron chi connectivity index (χ0n) is 10.2. The number of nitrogens with one attached hydrogen (secondary N) is 1. The molecule has 0 saturated carbocycles. The fourth-order valence-electron chi connectivity index (χ4n) is 1.86. The molecule has 0 aliphatic heterocycles. The standard InChI is InChI=1S/C13H15FN2OS/c1-8(11-7-10(14)3-4-12(11)17)16-9(2)13-15-5-6-18-13/h3-9,16-17H,1-2H3. The molecule has 2 rings (SSSR count). The van der Waals surface area contributed by atoms with Gasteiger partial charge in [0.2, 0.25) is 0 Å². The second-order valence-corrected chi connectivity index (χ2v) is 5.11. The Hall–Kier alpha value is -1.46. The van der Waals surface area contributed by atoms with E-state index >= 15 is 0 Å². The zero-order chi connectivity index (χ0) is 13.1. The minimum absolute atomic E-state index is 0.0580. The third kappa shape index (κ3) is 2.86. The topological polar surface area (TPSA) is 45.1 Å². The highest BCUT2D eigenvalue weighted by molar-refractivity contribution is 7.09. The Labute approximate surface area is 109 Å². The molecule has 0 spiro atoms. The Balaban J connectivity index is 2.12. The van der Waals surface area contributed by atoms with Gasteiger partial charge in [-0.15, -0.1) is 11.3 Å². The molecule has 0 radical (unpaired) electrons. The first kappa shape index (κ1) is 13.0. The van der Waals surface area contributed by atoms with Crippen molar-refractivity contribution in [3.63, 3.8) is 0 Å². The lowest BCUT2D eigenvalue weighted by atomic mass is 10.1. The maximum absolute atomic E-state index is 13.2. The van der Waals surface area contributed by atoms with Crippen molar-refractivity contribution in [2.45, 2.75) is 25.9 Å². The van der Waals surface area contributed by atoms with Crippen LogP contribution >= 0.6 is 11.3 Å². The van der Waals surface area contributed by atoms with E-state index in [0.717, 1.165) is 5.01 Å². The summed E-state index contributed by atoms with van der Waals surface area (Å²) in [7, 11) is 0. The maximum Gasteiger partial charge on any atom is 0.123 e. The number of halogens is 1. The number of phenolic OH excluding ortho intramolecular Hbond substituents is 1. The van der Waals surface area contributed by atoms with Gasteiger partial charge in [-0.1, -0.05) is 0 Å². The van der Waals surface area contributed by atoms with Crippen molar-refractivity contribution in [1.82, 2.24) is 10.3 Å². The zero-order valence-corrected chi connectivity index (χ0v) is 11.0. The smallest absolute Gasteiger partial charge is 0.123 e. The number of aromatic hydroxyl groups is 1. The summed E-state index contributed by atoms with van der Waals surface area (Å²) in [5.74, 6) is -0.249. The molecule has 0 amide bonds. The van der Waals surface area contributed by atoms with E-state index in [-0.39, 0.29) is 23.7 Å². The fourth-order valence-corrected chi connectivity index (χ4v) is 2.51. The normalized spacial score (nSPS) is 14.4. The van der Waals surface area contributed by atoms with Crippen molar-refractivity contribution >= 4 is 11.3 Å². The van der Waals surface area contributed by atoms with Gasteiger partial charge in [-0.25, -0.2) is 9.37 Å². The highest BCUT2D eigenvalue weighted by Gasteiger charge is 2.16. The predicted octanol–water partition coefficient (Wildman–Crippen LogP) is 3.40. The van der Waals surface area contributed by atoms with Gasteiger partial charge >= 0.3 is 0 Å². The second-order valence-electron chi connectivity index (χ2n) is 4.18. The summed E-state index contributed by atoms with van der Waals surface area (Å²) in [4.78, 5) is 4.22. The highest BCUT2D eigenvalue weighted by Crippen LogP contribution is 2.27. The number of hydrogen-bond acceptors (Lipinski definition) is 4. The Morgan fingerprint density at radius 1 is 1.33 bits per heavy atom.